The fourth-order valence-corrected chi connectivity index (χ4v) is 4.60. The molecule has 0 bridgehead atoms. The van der Waals surface area contributed by atoms with Crippen molar-refractivity contribution in [3.8, 4) is 0 Å². The van der Waals surface area contributed by atoms with E-state index in [0.717, 1.165) is 61.7 Å². The van der Waals surface area contributed by atoms with Crippen LogP contribution < -0.4 is 5.73 Å². The van der Waals surface area contributed by atoms with Crippen molar-refractivity contribution >= 4 is 5.78 Å². The number of nitrogens with zero attached hydrogens (tertiary/aromatic N) is 4. The first kappa shape index (κ1) is 24.4. The van der Waals surface area contributed by atoms with Gasteiger partial charge in [0, 0.05) is 68.2 Å². The Morgan fingerprint density at radius 1 is 0.844 bits per heavy atom. The van der Waals surface area contributed by atoms with E-state index in [4.69, 9.17) is 15.2 Å². The van der Waals surface area contributed by atoms with E-state index < -0.39 is 5.41 Å². The first-order valence-corrected chi connectivity index (χ1v) is 11.3. The van der Waals surface area contributed by atoms with Crippen LogP contribution in [0.15, 0.2) is 24.8 Å². The van der Waals surface area contributed by atoms with E-state index in [2.05, 4.69) is 26.9 Å². The van der Waals surface area contributed by atoms with Crippen molar-refractivity contribution < 1.29 is 14.3 Å². The van der Waals surface area contributed by atoms with Gasteiger partial charge < -0.3 is 15.2 Å². The summed E-state index contributed by atoms with van der Waals surface area (Å²) in [6.07, 6.45) is 10.7. The van der Waals surface area contributed by atoms with E-state index >= 15 is 0 Å². The minimum atomic E-state index is -0.425. The van der Waals surface area contributed by atoms with Gasteiger partial charge in [-0.05, 0) is 58.9 Å². The van der Waals surface area contributed by atoms with Crippen LogP contribution >= 0.6 is 0 Å². The number of ketones is 1. The van der Waals surface area contributed by atoms with Gasteiger partial charge >= 0.3 is 0 Å². The van der Waals surface area contributed by atoms with Gasteiger partial charge in [-0.3, -0.25) is 4.79 Å². The molecule has 8 heteroatoms. The van der Waals surface area contributed by atoms with Crippen molar-refractivity contribution in [1.29, 1.82) is 0 Å². The Bertz CT molecular complexity index is 872. The summed E-state index contributed by atoms with van der Waals surface area (Å²) >= 11 is 0. The molecule has 4 rings (SSSR count). The molecule has 0 saturated carbocycles. The predicted octanol–water partition coefficient (Wildman–Crippen LogP) is 2.60. The second kappa shape index (κ2) is 10.6. The standard InChI is InChI=1S/C12H19N3O.C12H16N2O2/c1-9(13)12(3-5-16-6-4-12)11-7-14-10(2)15-8-11;1-9(15)12(3-5-16-6-4-12)11-7-13-10(2)14-8-11/h7-9H,3-6,13H2,1-2H3;7-8H,3-6H2,1-2H3. The molecule has 0 aromatic carbocycles. The van der Waals surface area contributed by atoms with Crippen LogP contribution in [-0.2, 0) is 25.1 Å². The lowest BCUT2D eigenvalue weighted by molar-refractivity contribution is -0.126. The number of hydrogen-bond acceptors (Lipinski definition) is 8. The lowest BCUT2D eigenvalue weighted by Gasteiger charge is -2.40. The summed E-state index contributed by atoms with van der Waals surface area (Å²) in [6.45, 7) is 10.3. The lowest BCUT2D eigenvalue weighted by atomic mass is 9.70. The van der Waals surface area contributed by atoms with Crippen LogP contribution in [0.5, 0.6) is 0 Å². The maximum atomic E-state index is 11.9. The number of aromatic nitrogens is 4. The third-order valence-electron chi connectivity index (χ3n) is 6.97. The number of carbonyl (C=O) groups excluding carboxylic acids is 1. The average Bonchev–Trinajstić information content (AvgIpc) is 2.81. The predicted molar refractivity (Wildman–Crippen MR) is 121 cm³/mol. The monoisotopic (exact) mass is 441 g/mol. The van der Waals surface area contributed by atoms with Gasteiger partial charge in [0.2, 0.25) is 0 Å². The average molecular weight is 442 g/mol. The summed E-state index contributed by atoms with van der Waals surface area (Å²) in [4.78, 5) is 28.8. The molecule has 174 valence electrons. The van der Waals surface area contributed by atoms with Crippen LogP contribution in [0.4, 0.5) is 0 Å². The fourth-order valence-electron chi connectivity index (χ4n) is 4.60. The van der Waals surface area contributed by atoms with Crippen LogP contribution in [0.2, 0.25) is 0 Å². The first-order valence-electron chi connectivity index (χ1n) is 11.3. The highest BCUT2D eigenvalue weighted by atomic mass is 16.5. The van der Waals surface area contributed by atoms with E-state index in [9.17, 15) is 4.79 Å². The van der Waals surface area contributed by atoms with Gasteiger partial charge in [0.15, 0.2) is 0 Å². The molecule has 2 fully saturated rings. The molecule has 1 atom stereocenters. The Morgan fingerprint density at radius 2 is 1.25 bits per heavy atom. The van der Waals surface area contributed by atoms with Crippen LogP contribution in [-0.4, -0.2) is 58.2 Å². The molecular formula is C24H35N5O3. The van der Waals surface area contributed by atoms with E-state index in [0.29, 0.717) is 13.2 Å². The number of rotatable bonds is 4. The molecule has 32 heavy (non-hydrogen) atoms. The van der Waals surface area contributed by atoms with Gasteiger partial charge in [-0.2, -0.15) is 0 Å². The van der Waals surface area contributed by atoms with Gasteiger partial charge in [0.25, 0.3) is 0 Å². The molecule has 0 aliphatic carbocycles. The third kappa shape index (κ3) is 5.19. The molecule has 2 aliphatic heterocycles. The first-order chi connectivity index (χ1) is 15.3. The van der Waals surface area contributed by atoms with Crippen LogP contribution in [0.25, 0.3) is 0 Å². The summed E-state index contributed by atoms with van der Waals surface area (Å²) in [5.41, 5.74) is 7.80. The molecule has 2 aromatic heterocycles. The quantitative estimate of drug-likeness (QED) is 0.770. The highest BCUT2D eigenvalue weighted by Gasteiger charge is 2.40. The number of hydrogen-bond donors (Lipinski definition) is 1. The molecule has 0 radical (unpaired) electrons. The van der Waals surface area contributed by atoms with Gasteiger partial charge in [-0.25, -0.2) is 19.9 Å². The Balaban J connectivity index is 0.000000181. The Labute approximate surface area is 190 Å². The Kier molecular flexibility index (Phi) is 8.03. The topological polar surface area (TPSA) is 113 Å². The largest absolute Gasteiger partial charge is 0.381 e. The van der Waals surface area contributed by atoms with Gasteiger partial charge in [0.05, 0.1) is 5.41 Å². The molecule has 2 aromatic rings. The molecule has 0 spiro atoms. The fraction of sp³-hybridized carbons (Fsp3) is 0.625. The summed E-state index contributed by atoms with van der Waals surface area (Å²) in [5, 5.41) is 0. The Hall–Kier alpha value is -2.29. The molecule has 2 aliphatic rings. The van der Waals surface area contributed by atoms with E-state index in [1.165, 1.54) is 0 Å². The smallest absolute Gasteiger partial charge is 0.140 e. The zero-order valence-electron chi connectivity index (χ0n) is 19.6. The van der Waals surface area contributed by atoms with Crippen molar-refractivity contribution in [1.82, 2.24) is 19.9 Å². The van der Waals surface area contributed by atoms with Gasteiger partial charge in [-0.1, -0.05) is 0 Å². The molecule has 2 saturated heterocycles. The van der Waals surface area contributed by atoms with Crippen LogP contribution in [0, 0.1) is 13.8 Å². The number of nitrogens with two attached hydrogens (primary N) is 1. The normalized spacial score (nSPS) is 20.5. The van der Waals surface area contributed by atoms with E-state index in [1.807, 2.05) is 26.2 Å². The molecule has 0 amide bonds. The summed E-state index contributed by atoms with van der Waals surface area (Å²) in [5.74, 6) is 1.72. The maximum Gasteiger partial charge on any atom is 0.140 e. The lowest BCUT2D eigenvalue weighted by Crippen LogP contribution is -2.47. The molecule has 2 N–H and O–H groups in total. The molecular weight excluding hydrogens is 406 g/mol. The SMILES string of the molecule is CC(=O)C1(c2cnc(C)nc2)CCOCC1.Cc1ncc(C2(C(C)N)CCOCC2)cn1. The third-order valence-corrected chi connectivity index (χ3v) is 6.97. The summed E-state index contributed by atoms with van der Waals surface area (Å²) < 4.78 is 10.8. The zero-order valence-corrected chi connectivity index (χ0v) is 19.6. The summed E-state index contributed by atoms with van der Waals surface area (Å²) in [6, 6.07) is 0.0997. The Morgan fingerprint density at radius 3 is 1.66 bits per heavy atom. The van der Waals surface area contributed by atoms with E-state index in [1.54, 1.807) is 19.3 Å². The van der Waals surface area contributed by atoms with Crippen LogP contribution in [0.1, 0.15) is 62.3 Å². The highest BCUT2D eigenvalue weighted by Crippen LogP contribution is 2.37. The number of aryl methyl sites for hydroxylation is 2. The zero-order chi connectivity index (χ0) is 23.2. The minimum Gasteiger partial charge on any atom is -0.381 e. The van der Waals surface area contributed by atoms with E-state index in [-0.39, 0.29) is 17.2 Å². The number of carbonyl (C=O) groups is 1. The van der Waals surface area contributed by atoms with Crippen molar-refractivity contribution in [2.75, 3.05) is 26.4 Å². The van der Waals surface area contributed by atoms with Gasteiger partial charge in [0.1, 0.15) is 17.4 Å². The van der Waals surface area contributed by atoms with Crippen molar-refractivity contribution in [2.24, 2.45) is 5.73 Å². The maximum absolute atomic E-state index is 11.9. The molecule has 4 heterocycles. The second-order valence-electron chi connectivity index (χ2n) is 8.85. The van der Waals surface area contributed by atoms with Crippen molar-refractivity contribution in [3.63, 3.8) is 0 Å². The highest BCUT2D eigenvalue weighted by molar-refractivity contribution is 5.88. The van der Waals surface area contributed by atoms with Crippen molar-refractivity contribution in [2.45, 2.75) is 70.3 Å². The number of ether oxygens (including phenoxy) is 2. The second-order valence-corrected chi connectivity index (χ2v) is 8.85. The molecule has 1 unspecified atom stereocenters. The van der Waals surface area contributed by atoms with Gasteiger partial charge in [-0.15, -0.1) is 0 Å². The number of Topliss-reactive ketones (excluding diaryl/α,β-unsaturated/α-hetero) is 1. The molecule has 8 nitrogen and oxygen atoms in total. The summed E-state index contributed by atoms with van der Waals surface area (Å²) in [7, 11) is 0. The van der Waals surface area contributed by atoms with Crippen LogP contribution in [0.3, 0.4) is 0 Å². The van der Waals surface area contributed by atoms with Crippen molar-refractivity contribution in [3.05, 3.63) is 47.6 Å². The minimum absolute atomic E-state index is 0.00799.